The van der Waals surface area contributed by atoms with Crippen LogP contribution in [0.3, 0.4) is 0 Å². The van der Waals surface area contributed by atoms with Gasteiger partial charge in [0.15, 0.2) is 5.65 Å². The molecule has 1 aromatic carbocycles. The van der Waals surface area contributed by atoms with E-state index < -0.39 is 11.2 Å². The first-order valence-electron chi connectivity index (χ1n) is 8.01. The number of hydrogen-bond acceptors (Lipinski definition) is 5. The van der Waals surface area contributed by atoms with Crippen molar-refractivity contribution in [2.45, 2.75) is 6.54 Å². The van der Waals surface area contributed by atoms with Crippen LogP contribution in [0.15, 0.2) is 76.6 Å². The number of fused-ring (bicyclic) bond motifs is 1. The van der Waals surface area contributed by atoms with Gasteiger partial charge in [-0.2, -0.15) is 0 Å². The van der Waals surface area contributed by atoms with Gasteiger partial charge in [0.1, 0.15) is 5.82 Å². The number of anilines is 1. The van der Waals surface area contributed by atoms with E-state index in [1.807, 2.05) is 18.2 Å². The molecule has 26 heavy (non-hydrogen) atoms. The molecule has 0 radical (unpaired) electrons. The van der Waals surface area contributed by atoms with Gasteiger partial charge in [-0.15, -0.1) is 0 Å². The molecule has 7 heteroatoms. The van der Waals surface area contributed by atoms with Gasteiger partial charge in [0.2, 0.25) is 0 Å². The standard InChI is InChI=1S/C19H15N5O2/c20-16-7-6-15-17(22-16)24(14-4-2-1-3-5-14)19(26)23(18(15)25)12-13-8-10-21-11-9-13/h1-11H,12H2,(H2,20,22). The predicted molar refractivity (Wildman–Crippen MR) is 99.4 cm³/mol. The highest BCUT2D eigenvalue weighted by Gasteiger charge is 2.16. The zero-order valence-corrected chi connectivity index (χ0v) is 13.7. The Kier molecular flexibility index (Phi) is 3.81. The Labute approximate surface area is 148 Å². The van der Waals surface area contributed by atoms with Gasteiger partial charge in [0, 0.05) is 12.4 Å². The van der Waals surface area contributed by atoms with E-state index in [0.717, 1.165) is 5.56 Å². The molecule has 0 amide bonds. The molecular weight excluding hydrogens is 330 g/mol. The maximum atomic E-state index is 13.1. The second kappa shape index (κ2) is 6.29. The zero-order valence-electron chi connectivity index (χ0n) is 13.7. The molecule has 0 saturated carbocycles. The van der Waals surface area contributed by atoms with Crippen molar-refractivity contribution in [2.75, 3.05) is 5.73 Å². The fraction of sp³-hybridized carbons (Fsp3) is 0.0526. The topological polar surface area (TPSA) is 95.8 Å². The van der Waals surface area contributed by atoms with Crippen molar-refractivity contribution in [3.8, 4) is 5.69 Å². The van der Waals surface area contributed by atoms with Crippen LogP contribution < -0.4 is 17.0 Å². The van der Waals surface area contributed by atoms with Crippen LogP contribution in [0.5, 0.6) is 0 Å². The second-order valence-electron chi connectivity index (χ2n) is 5.81. The molecule has 0 unspecified atom stereocenters. The summed E-state index contributed by atoms with van der Waals surface area (Å²) in [6.45, 7) is 0.146. The molecule has 2 N–H and O–H groups in total. The molecule has 0 bridgehead atoms. The van der Waals surface area contributed by atoms with Gasteiger partial charge in [-0.1, -0.05) is 18.2 Å². The molecule has 0 aliphatic rings. The molecule has 7 nitrogen and oxygen atoms in total. The van der Waals surface area contributed by atoms with Crippen molar-refractivity contribution in [3.05, 3.63) is 93.4 Å². The number of nitrogen functional groups attached to an aromatic ring is 1. The number of benzene rings is 1. The van der Waals surface area contributed by atoms with Crippen molar-refractivity contribution in [1.82, 2.24) is 19.1 Å². The molecule has 0 aliphatic carbocycles. The van der Waals surface area contributed by atoms with E-state index in [-0.39, 0.29) is 18.0 Å². The minimum absolute atomic E-state index is 0.146. The van der Waals surface area contributed by atoms with Gasteiger partial charge in [-0.3, -0.25) is 14.3 Å². The molecule has 0 aliphatic heterocycles. The first-order valence-corrected chi connectivity index (χ1v) is 8.01. The average Bonchev–Trinajstić information content (AvgIpc) is 2.67. The summed E-state index contributed by atoms with van der Waals surface area (Å²) in [5, 5.41) is 0.330. The number of nitrogens with zero attached hydrogens (tertiary/aromatic N) is 4. The average molecular weight is 345 g/mol. The van der Waals surface area contributed by atoms with Gasteiger partial charge in [0.25, 0.3) is 5.56 Å². The Morgan fingerprint density at radius 1 is 0.923 bits per heavy atom. The smallest absolute Gasteiger partial charge is 0.337 e. The summed E-state index contributed by atoms with van der Waals surface area (Å²) < 4.78 is 2.61. The second-order valence-corrected chi connectivity index (χ2v) is 5.81. The summed E-state index contributed by atoms with van der Waals surface area (Å²) >= 11 is 0. The van der Waals surface area contributed by atoms with Gasteiger partial charge in [0.05, 0.1) is 17.6 Å². The zero-order chi connectivity index (χ0) is 18.1. The lowest BCUT2D eigenvalue weighted by Gasteiger charge is -2.13. The highest BCUT2D eigenvalue weighted by Crippen LogP contribution is 2.14. The van der Waals surface area contributed by atoms with E-state index in [4.69, 9.17) is 5.73 Å². The quantitative estimate of drug-likeness (QED) is 0.608. The predicted octanol–water partition coefficient (Wildman–Crippen LogP) is 1.57. The Morgan fingerprint density at radius 3 is 2.38 bits per heavy atom. The van der Waals surface area contributed by atoms with Crippen molar-refractivity contribution < 1.29 is 0 Å². The van der Waals surface area contributed by atoms with Crippen LogP contribution in [0.25, 0.3) is 16.7 Å². The number of para-hydroxylation sites is 1. The van der Waals surface area contributed by atoms with Crippen LogP contribution in [0.4, 0.5) is 5.82 Å². The molecule has 3 heterocycles. The summed E-state index contributed by atoms with van der Waals surface area (Å²) in [5.41, 5.74) is 6.59. The van der Waals surface area contributed by atoms with E-state index in [2.05, 4.69) is 9.97 Å². The van der Waals surface area contributed by atoms with Crippen molar-refractivity contribution >= 4 is 16.9 Å². The van der Waals surface area contributed by atoms with Gasteiger partial charge >= 0.3 is 5.69 Å². The van der Waals surface area contributed by atoms with Crippen molar-refractivity contribution in [1.29, 1.82) is 0 Å². The normalized spacial score (nSPS) is 10.9. The fourth-order valence-corrected chi connectivity index (χ4v) is 2.86. The van der Waals surface area contributed by atoms with Crippen LogP contribution in [0, 0.1) is 0 Å². The van der Waals surface area contributed by atoms with Gasteiger partial charge in [-0.05, 0) is 42.0 Å². The Bertz CT molecular complexity index is 1200. The Hall–Kier alpha value is -3.74. The molecular formula is C19H15N5O2. The minimum Gasteiger partial charge on any atom is -0.384 e. The van der Waals surface area contributed by atoms with Gasteiger partial charge < -0.3 is 5.73 Å². The molecule has 3 aromatic heterocycles. The fourth-order valence-electron chi connectivity index (χ4n) is 2.86. The first kappa shape index (κ1) is 15.8. The van der Waals surface area contributed by atoms with Crippen LogP contribution >= 0.6 is 0 Å². The molecule has 4 aromatic rings. The molecule has 0 spiro atoms. The van der Waals surface area contributed by atoms with E-state index in [0.29, 0.717) is 11.1 Å². The molecule has 0 saturated heterocycles. The number of pyridine rings is 2. The SMILES string of the molecule is Nc1ccc2c(=O)n(Cc3ccncc3)c(=O)n(-c3ccccc3)c2n1. The lowest BCUT2D eigenvalue weighted by Crippen LogP contribution is -2.40. The maximum Gasteiger partial charge on any atom is 0.337 e. The summed E-state index contributed by atoms with van der Waals surface area (Å²) in [4.78, 5) is 34.3. The first-order chi connectivity index (χ1) is 12.6. The summed E-state index contributed by atoms with van der Waals surface area (Å²) in [7, 11) is 0. The van der Waals surface area contributed by atoms with Crippen LogP contribution in [0.2, 0.25) is 0 Å². The Morgan fingerprint density at radius 2 is 1.65 bits per heavy atom. The lowest BCUT2D eigenvalue weighted by molar-refractivity contribution is 0.682. The summed E-state index contributed by atoms with van der Waals surface area (Å²) in [5.74, 6) is 0.243. The number of nitrogens with two attached hydrogens (primary N) is 1. The molecule has 0 fully saturated rings. The van der Waals surface area contributed by atoms with E-state index >= 15 is 0 Å². The van der Waals surface area contributed by atoms with E-state index in [9.17, 15) is 9.59 Å². The van der Waals surface area contributed by atoms with Gasteiger partial charge in [-0.25, -0.2) is 14.3 Å². The summed E-state index contributed by atoms with van der Waals surface area (Å²) in [6.07, 6.45) is 3.25. The largest absolute Gasteiger partial charge is 0.384 e. The molecule has 0 atom stereocenters. The van der Waals surface area contributed by atoms with E-state index in [1.165, 1.54) is 9.13 Å². The van der Waals surface area contributed by atoms with Crippen molar-refractivity contribution in [2.24, 2.45) is 0 Å². The Balaban J connectivity index is 2.07. The third-order valence-corrected chi connectivity index (χ3v) is 4.11. The monoisotopic (exact) mass is 345 g/mol. The van der Waals surface area contributed by atoms with Crippen LogP contribution in [0.1, 0.15) is 5.56 Å². The minimum atomic E-state index is -0.469. The number of hydrogen-bond donors (Lipinski definition) is 1. The molecule has 4 rings (SSSR count). The molecule has 128 valence electrons. The van der Waals surface area contributed by atoms with Crippen LogP contribution in [-0.4, -0.2) is 19.1 Å². The number of aromatic nitrogens is 4. The highest BCUT2D eigenvalue weighted by atomic mass is 16.2. The third kappa shape index (κ3) is 2.65. The highest BCUT2D eigenvalue weighted by molar-refractivity contribution is 5.77. The van der Waals surface area contributed by atoms with E-state index in [1.54, 1.807) is 48.8 Å². The maximum absolute atomic E-state index is 13.1. The number of rotatable bonds is 3. The van der Waals surface area contributed by atoms with Crippen LogP contribution in [-0.2, 0) is 6.54 Å². The van der Waals surface area contributed by atoms with Crippen molar-refractivity contribution in [3.63, 3.8) is 0 Å². The lowest BCUT2D eigenvalue weighted by atomic mass is 10.2. The third-order valence-electron chi connectivity index (χ3n) is 4.11. The summed E-state index contributed by atoms with van der Waals surface area (Å²) in [6, 6.07) is 15.7.